The van der Waals surface area contributed by atoms with Gasteiger partial charge in [-0.2, -0.15) is 4.98 Å². The highest BCUT2D eigenvalue weighted by atomic mass is 16.5. The number of para-hydroxylation sites is 2. The van der Waals surface area contributed by atoms with Crippen molar-refractivity contribution in [3.63, 3.8) is 0 Å². The van der Waals surface area contributed by atoms with Crippen molar-refractivity contribution < 1.29 is 4.52 Å². The molecule has 0 bridgehead atoms. The third-order valence-electron chi connectivity index (χ3n) is 4.81. The Labute approximate surface area is 141 Å². The van der Waals surface area contributed by atoms with Crippen molar-refractivity contribution in [3.8, 4) is 0 Å². The number of hydrogen-bond acceptors (Lipinski definition) is 5. The number of piperidine rings is 1. The molecule has 1 aliphatic heterocycles. The van der Waals surface area contributed by atoms with E-state index in [0.717, 1.165) is 62.0 Å². The predicted octanol–water partition coefficient (Wildman–Crippen LogP) is 3.29. The standard InChI is InChI=1S/C18H23N5O/c1-3-7-16-20-18(21-24-16)23-11-6-8-13(12-23)17-19-14-9-4-5-10-15(14)22(17)2/h4-5,9-10,13H,3,6-8,11-12H2,1-2H3/t13-/m1/s1. The quantitative estimate of drug-likeness (QED) is 0.736. The van der Waals surface area contributed by atoms with E-state index in [-0.39, 0.29) is 0 Å². The number of aryl methyl sites for hydroxylation is 2. The fourth-order valence-electron chi connectivity index (χ4n) is 3.59. The summed E-state index contributed by atoms with van der Waals surface area (Å²) in [4.78, 5) is 11.6. The Kier molecular flexibility index (Phi) is 3.96. The van der Waals surface area contributed by atoms with E-state index in [4.69, 9.17) is 9.51 Å². The molecule has 24 heavy (non-hydrogen) atoms. The van der Waals surface area contributed by atoms with Crippen LogP contribution in [0.1, 0.15) is 43.8 Å². The van der Waals surface area contributed by atoms with Crippen LogP contribution in [0.2, 0.25) is 0 Å². The Bertz CT molecular complexity index is 837. The van der Waals surface area contributed by atoms with Crippen LogP contribution in [0.15, 0.2) is 28.8 Å². The van der Waals surface area contributed by atoms with Crippen molar-refractivity contribution in [1.29, 1.82) is 0 Å². The molecule has 3 heterocycles. The first-order valence-corrected chi connectivity index (χ1v) is 8.75. The van der Waals surface area contributed by atoms with E-state index in [1.54, 1.807) is 0 Å². The molecule has 0 unspecified atom stereocenters. The monoisotopic (exact) mass is 325 g/mol. The number of rotatable bonds is 4. The highest BCUT2D eigenvalue weighted by Gasteiger charge is 2.27. The van der Waals surface area contributed by atoms with Crippen LogP contribution < -0.4 is 4.90 Å². The molecule has 1 atom stereocenters. The lowest BCUT2D eigenvalue weighted by atomic mass is 9.97. The Morgan fingerprint density at radius 1 is 1.25 bits per heavy atom. The van der Waals surface area contributed by atoms with Crippen molar-refractivity contribution in [2.24, 2.45) is 7.05 Å². The normalized spacial score (nSPS) is 18.4. The van der Waals surface area contributed by atoms with E-state index < -0.39 is 0 Å². The van der Waals surface area contributed by atoms with Gasteiger partial charge in [-0.25, -0.2) is 4.98 Å². The van der Waals surface area contributed by atoms with Gasteiger partial charge in [0.15, 0.2) is 0 Å². The molecule has 0 aliphatic carbocycles. The van der Waals surface area contributed by atoms with Crippen LogP contribution in [0, 0.1) is 0 Å². The maximum absolute atomic E-state index is 5.35. The molecular weight excluding hydrogens is 302 g/mol. The van der Waals surface area contributed by atoms with Crippen molar-refractivity contribution in [2.75, 3.05) is 18.0 Å². The average Bonchev–Trinajstić information content (AvgIpc) is 3.21. The molecule has 126 valence electrons. The van der Waals surface area contributed by atoms with Gasteiger partial charge < -0.3 is 14.0 Å². The molecule has 1 aliphatic rings. The van der Waals surface area contributed by atoms with Gasteiger partial charge in [-0.3, -0.25) is 0 Å². The Morgan fingerprint density at radius 2 is 2.12 bits per heavy atom. The van der Waals surface area contributed by atoms with Crippen molar-refractivity contribution in [2.45, 2.75) is 38.5 Å². The van der Waals surface area contributed by atoms with Gasteiger partial charge in [-0.15, -0.1) is 0 Å². The summed E-state index contributed by atoms with van der Waals surface area (Å²) < 4.78 is 7.57. The number of benzene rings is 1. The molecule has 1 saturated heterocycles. The van der Waals surface area contributed by atoms with E-state index >= 15 is 0 Å². The summed E-state index contributed by atoms with van der Waals surface area (Å²) in [7, 11) is 2.11. The van der Waals surface area contributed by atoms with E-state index in [9.17, 15) is 0 Å². The van der Waals surface area contributed by atoms with Gasteiger partial charge in [-0.1, -0.05) is 19.1 Å². The zero-order valence-corrected chi connectivity index (χ0v) is 14.3. The van der Waals surface area contributed by atoms with E-state index in [1.165, 1.54) is 5.52 Å². The summed E-state index contributed by atoms with van der Waals surface area (Å²) >= 11 is 0. The first kappa shape index (κ1) is 15.2. The van der Waals surface area contributed by atoms with Crippen LogP contribution in [-0.4, -0.2) is 32.8 Å². The van der Waals surface area contributed by atoms with Gasteiger partial charge in [0.25, 0.3) is 5.95 Å². The van der Waals surface area contributed by atoms with Crippen LogP contribution >= 0.6 is 0 Å². The number of anilines is 1. The van der Waals surface area contributed by atoms with Gasteiger partial charge >= 0.3 is 0 Å². The number of hydrogen-bond donors (Lipinski definition) is 0. The van der Waals surface area contributed by atoms with E-state index in [0.29, 0.717) is 5.92 Å². The SMILES string of the molecule is CCCc1nc(N2CCC[C@@H](c3nc4ccccc4n3C)C2)no1. The van der Waals surface area contributed by atoms with Gasteiger partial charge in [0.1, 0.15) is 5.82 Å². The summed E-state index contributed by atoms with van der Waals surface area (Å²) in [6.07, 6.45) is 4.12. The number of nitrogens with zero attached hydrogens (tertiary/aromatic N) is 5. The smallest absolute Gasteiger partial charge is 0.266 e. The first-order valence-electron chi connectivity index (χ1n) is 8.75. The summed E-state index contributed by atoms with van der Waals surface area (Å²) in [5.74, 6) is 3.00. The van der Waals surface area contributed by atoms with Gasteiger partial charge in [0, 0.05) is 32.5 Å². The van der Waals surface area contributed by atoms with E-state index in [2.05, 4.69) is 51.8 Å². The molecule has 3 aromatic rings. The van der Waals surface area contributed by atoms with Crippen LogP contribution in [-0.2, 0) is 13.5 Å². The molecule has 1 aromatic carbocycles. The van der Waals surface area contributed by atoms with Crippen LogP contribution in [0.3, 0.4) is 0 Å². The lowest BCUT2D eigenvalue weighted by Crippen LogP contribution is -2.36. The maximum Gasteiger partial charge on any atom is 0.266 e. The summed E-state index contributed by atoms with van der Waals surface area (Å²) in [6, 6.07) is 8.31. The first-order chi connectivity index (χ1) is 11.8. The molecule has 0 spiro atoms. The van der Waals surface area contributed by atoms with Crippen molar-refractivity contribution >= 4 is 17.0 Å². The van der Waals surface area contributed by atoms with Gasteiger partial charge in [-0.05, 0) is 36.6 Å². The largest absolute Gasteiger partial charge is 0.337 e. The van der Waals surface area contributed by atoms with Gasteiger partial charge in [0.2, 0.25) is 5.89 Å². The second kappa shape index (κ2) is 6.26. The number of fused-ring (bicyclic) bond motifs is 1. The average molecular weight is 325 g/mol. The van der Waals surface area contributed by atoms with Crippen molar-refractivity contribution in [3.05, 3.63) is 36.0 Å². The lowest BCUT2D eigenvalue weighted by molar-refractivity contribution is 0.374. The summed E-state index contributed by atoms with van der Waals surface area (Å²) in [5.41, 5.74) is 2.26. The third kappa shape index (κ3) is 2.66. The van der Waals surface area contributed by atoms with Crippen LogP contribution in [0.25, 0.3) is 11.0 Å². The lowest BCUT2D eigenvalue weighted by Gasteiger charge is -2.31. The molecule has 4 rings (SSSR count). The fourth-order valence-corrected chi connectivity index (χ4v) is 3.59. The second-order valence-electron chi connectivity index (χ2n) is 6.54. The predicted molar refractivity (Wildman–Crippen MR) is 93.2 cm³/mol. The Hall–Kier alpha value is -2.37. The minimum atomic E-state index is 0.393. The highest BCUT2D eigenvalue weighted by molar-refractivity contribution is 5.75. The second-order valence-corrected chi connectivity index (χ2v) is 6.54. The summed E-state index contributed by atoms with van der Waals surface area (Å²) in [6.45, 7) is 3.99. The number of imidazole rings is 1. The molecular formula is C18H23N5O. The molecule has 0 N–H and O–H groups in total. The molecule has 0 saturated carbocycles. The zero-order chi connectivity index (χ0) is 16.5. The molecule has 0 amide bonds. The van der Waals surface area contributed by atoms with Gasteiger partial charge in [0.05, 0.1) is 11.0 Å². The molecule has 6 nitrogen and oxygen atoms in total. The molecule has 6 heteroatoms. The summed E-state index contributed by atoms with van der Waals surface area (Å²) in [5, 5.41) is 4.16. The van der Waals surface area contributed by atoms with Crippen LogP contribution in [0.4, 0.5) is 5.95 Å². The number of aromatic nitrogens is 4. The zero-order valence-electron chi connectivity index (χ0n) is 14.3. The Balaban J connectivity index is 1.58. The highest BCUT2D eigenvalue weighted by Crippen LogP contribution is 2.30. The molecule has 0 radical (unpaired) electrons. The van der Waals surface area contributed by atoms with E-state index in [1.807, 2.05) is 6.07 Å². The Morgan fingerprint density at radius 3 is 2.96 bits per heavy atom. The molecule has 2 aromatic heterocycles. The fraction of sp³-hybridized carbons (Fsp3) is 0.500. The minimum absolute atomic E-state index is 0.393. The third-order valence-corrected chi connectivity index (χ3v) is 4.81. The minimum Gasteiger partial charge on any atom is -0.337 e. The topological polar surface area (TPSA) is 60.0 Å². The van der Waals surface area contributed by atoms with Crippen LogP contribution in [0.5, 0.6) is 0 Å². The maximum atomic E-state index is 5.35. The van der Waals surface area contributed by atoms with Crippen molar-refractivity contribution in [1.82, 2.24) is 19.7 Å². The molecule has 1 fully saturated rings.